The number of carbonyl (C=O) groups is 1. The number of hydrogen-bond donors (Lipinski definition) is 1. The second-order valence-electron chi connectivity index (χ2n) is 6.83. The van der Waals surface area contributed by atoms with Crippen molar-refractivity contribution in [2.75, 3.05) is 11.1 Å². The summed E-state index contributed by atoms with van der Waals surface area (Å²) in [6.07, 6.45) is 0. The quantitative estimate of drug-likeness (QED) is 0.201. The van der Waals surface area contributed by atoms with Crippen LogP contribution in [0.4, 0.5) is 11.4 Å². The summed E-state index contributed by atoms with van der Waals surface area (Å²) < 4.78 is 0. The summed E-state index contributed by atoms with van der Waals surface area (Å²) in [5.74, 6) is -0.360. The first-order valence-electron chi connectivity index (χ1n) is 9.76. The third-order valence-corrected chi connectivity index (χ3v) is 6.50. The van der Waals surface area contributed by atoms with Gasteiger partial charge in [-0.25, -0.2) is 4.98 Å². The third-order valence-electron chi connectivity index (χ3n) is 4.64. The Balaban J connectivity index is 1.62. The van der Waals surface area contributed by atoms with Gasteiger partial charge in [-0.15, -0.1) is 11.3 Å². The standard InChI is InChI=1S/C24H16N4O3S2/c25-14-20-19(16-6-2-1-3-7-16)13-21(22-10-5-11-32-22)27-24(20)33-15-23(29)26-17-8-4-9-18(12-17)28(30)31/h1-13H,15H2,(H,26,29). The molecule has 9 heteroatoms. The van der Waals surface area contributed by atoms with Gasteiger partial charge >= 0.3 is 0 Å². The lowest BCUT2D eigenvalue weighted by Gasteiger charge is -2.12. The lowest BCUT2D eigenvalue weighted by Crippen LogP contribution is -2.14. The van der Waals surface area contributed by atoms with Crippen molar-refractivity contribution in [1.29, 1.82) is 5.26 Å². The average molecular weight is 473 g/mol. The molecule has 0 saturated heterocycles. The van der Waals surface area contributed by atoms with Gasteiger partial charge in [-0.2, -0.15) is 5.26 Å². The van der Waals surface area contributed by atoms with Crippen molar-refractivity contribution in [2.24, 2.45) is 0 Å². The Morgan fingerprint density at radius 3 is 2.64 bits per heavy atom. The van der Waals surface area contributed by atoms with E-state index in [1.165, 1.54) is 18.2 Å². The van der Waals surface area contributed by atoms with Crippen molar-refractivity contribution in [3.8, 4) is 27.8 Å². The van der Waals surface area contributed by atoms with Gasteiger partial charge in [-0.05, 0) is 29.1 Å². The molecule has 0 saturated carbocycles. The first-order chi connectivity index (χ1) is 16.0. The van der Waals surface area contributed by atoms with E-state index < -0.39 is 4.92 Å². The number of nitriles is 1. The molecule has 0 atom stereocenters. The van der Waals surface area contributed by atoms with Crippen molar-refractivity contribution >= 4 is 40.4 Å². The van der Waals surface area contributed by atoms with Crippen LogP contribution in [0.5, 0.6) is 0 Å². The average Bonchev–Trinajstić information content (AvgIpc) is 3.38. The molecule has 1 N–H and O–H groups in total. The van der Waals surface area contributed by atoms with Gasteiger partial charge in [-0.1, -0.05) is 54.2 Å². The van der Waals surface area contributed by atoms with Crippen LogP contribution < -0.4 is 5.32 Å². The third kappa shape index (κ3) is 5.26. The van der Waals surface area contributed by atoms with Gasteiger partial charge in [0, 0.05) is 23.4 Å². The maximum absolute atomic E-state index is 12.5. The Hall–Kier alpha value is -4.00. The van der Waals surface area contributed by atoms with Gasteiger partial charge in [0.2, 0.25) is 5.91 Å². The maximum Gasteiger partial charge on any atom is 0.271 e. The summed E-state index contributed by atoms with van der Waals surface area (Å²) in [5.41, 5.74) is 2.99. The SMILES string of the molecule is N#Cc1c(-c2ccccc2)cc(-c2cccs2)nc1SCC(=O)Nc1cccc([N+](=O)[O-])c1. The van der Waals surface area contributed by atoms with Crippen LogP contribution in [0.15, 0.2) is 83.2 Å². The highest BCUT2D eigenvalue weighted by Crippen LogP contribution is 2.35. The molecule has 4 aromatic rings. The summed E-state index contributed by atoms with van der Waals surface area (Å²) in [6.45, 7) is 0. The summed E-state index contributed by atoms with van der Waals surface area (Å²) in [7, 11) is 0. The van der Waals surface area contributed by atoms with Crippen LogP contribution in [0.25, 0.3) is 21.7 Å². The molecule has 0 aliphatic carbocycles. The number of pyridine rings is 1. The minimum Gasteiger partial charge on any atom is -0.325 e. The molecule has 2 heterocycles. The number of nitro groups is 1. The van der Waals surface area contributed by atoms with Crippen LogP contribution in [-0.2, 0) is 4.79 Å². The molecule has 2 aromatic carbocycles. The Morgan fingerprint density at radius 1 is 1.12 bits per heavy atom. The fourth-order valence-electron chi connectivity index (χ4n) is 3.16. The molecule has 33 heavy (non-hydrogen) atoms. The Morgan fingerprint density at radius 2 is 1.94 bits per heavy atom. The van der Waals surface area contributed by atoms with Crippen LogP contribution in [0.2, 0.25) is 0 Å². The van der Waals surface area contributed by atoms with Gasteiger partial charge in [0.25, 0.3) is 5.69 Å². The largest absolute Gasteiger partial charge is 0.325 e. The first-order valence-corrected chi connectivity index (χ1v) is 11.6. The van der Waals surface area contributed by atoms with Crippen LogP contribution in [0.1, 0.15) is 5.56 Å². The van der Waals surface area contributed by atoms with E-state index in [9.17, 15) is 20.2 Å². The summed E-state index contributed by atoms with van der Waals surface area (Å²) in [5, 5.41) is 25.9. The highest BCUT2D eigenvalue weighted by Gasteiger charge is 2.17. The van der Waals surface area contributed by atoms with E-state index in [0.717, 1.165) is 33.5 Å². The molecule has 7 nitrogen and oxygen atoms in total. The van der Waals surface area contributed by atoms with Crippen LogP contribution in [0, 0.1) is 21.4 Å². The fourth-order valence-corrected chi connectivity index (χ4v) is 4.65. The topological polar surface area (TPSA) is 109 Å². The number of nitro benzene ring substituents is 1. The van der Waals surface area contributed by atoms with E-state index in [2.05, 4.69) is 16.4 Å². The number of hydrogen-bond acceptors (Lipinski definition) is 7. The van der Waals surface area contributed by atoms with Crippen LogP contribution >= 0.6 is 23.1 Å². The second-order valence-corrected chi connectivity index (χ2v) is 8.75. The zero-order valence-corrected chi connectivity index (χ0v) is 18.7. The summed E-state index contributed by atoms with van der Waals surface area (Å²) >= 11 is 2.70. The van der Waals surface area contributed by atoms with E-state index >= 15 is 0 Å². The van der Waals surface area contributed by atoms with Crippen LogP contribution in [-0.4, -0.2) is 21.6 Å². The molecule has 0 fully saturated rings. The van der Waals surface area contributed by atoms with Gasteiger partial charge in [0.05, 0.1) is 26.8 Å². The lowest BCUT2D eigenvalue weighted by atomic mass is 10.0. The van der Waals surface area contributed by atoms with Crippen molar-refractivity contribution in [3.63, 3.8) is 0 Å². The fraction of sp³-hybridized carbons (Fsp3) is 0.0417. The van der Waals surface area contributed by atoms with Crippen molar-refractivity contribution < 1.29 is 9.72 Å². The van der Waals surface area contributed by atoms with E-state index in [4.69, 9.17) is 0 Å². The van der Waals surface area contributed by atoms with E-state index in [-0.39, 0.29) is 17.3 Å². The van der Waals surface area contributed by atoms with Gasteiger partial charge in [0.15, 0.2) is 0 Å². The minimum atomic E-state index is -0.519. The molecule has 162 valence electrons. The van der Waals surface area contributed by atoms with Crippen molar-refractivity contribution in [1.82, 2.24) is 4.98 Å². The number of nitrogens with zero attached hydrogens (tertiary/aromatic N) is 3. The molecule has 0 radical (unpaired) electrons. The van der Waals surface area contributed by atoms with Crippen molar-refractivity contribution in [3.05, 3.63) is 93.9 Å². The molecule has 2 aromatic heterocycles. The van der Waals surface area contributed by atoms with E-state index in [1.807, 2.05) is 53.9 Å². The Kier molecular flexibility index (Phi) is 6.78. The second kappa shape index (κ2) is 10.1. The number of carbonyl (C=O) groups excluding carboxylic acids is 1. The van der Waals surface area contributed by atoms with E-state index in [1.54, 1.807) is 17.4 Å². The smallest absolute Gasteiger partial charge is 0.271 e. The predicted molar refractivity (Wildman–Crippen MR) is 130 cm³/mol. The molecular weight excluding hydrogens is 456 g/mol. The minimum absolute atomic E-state index is 0.00745. The number of benzene rings is 2. The number of non-ortho nitro benzene ring substituents is 1. The van der Waals surface area contributed by atoms with E-state index in [0.29, 0.717) is 16.3 Å². The molecule has 4 rings (SSSR count). The molecule has 0 bridgehead atoms. The lowest BCUT2D eigenvalue weighted by molar-refractivity contribution is -0.384. The molecule has 0 unspecified atom stereocenters. The van der Waals surface area contributed by atoms with Crippen molar-refractivity contribution in [2.45, 2.75) is 5.03 Å². The Labute approximate surface area is 197 Å². The van der Waals surface area contributed by atoms with Gasteiger partial charge in [-0.3, -0.25) is 14.9 Å². The highest BCUT2D eigenvalue weighted by molar-refractivity contribution is 8.00. The normalized spacial score (nSPS) is 10.4. The molecule has 1 amide bonds. The zero-order valence-electron chi connectivity index (χ0n) is 17.1. The molecule has 0 aliphatic heterocycles. The van der Waals surface area contributed by atoms with Crippen LogP contribution in [0.3, 0.4) is 0 Å². The molecular formula is C24H16N4O3S2. The predicted octanol–water partition coefficient (Wildman–Crippen LogP) is 5.99. The number of anilines is 1. The molecule has 0 aliphatic rings. The zero-order chi connectivity index (χ0) is 23.2. The van der Waals surface area contributed by atoms with Gasteiger partial charge < -0.3 is 5.32 Å². The maximum atomic E-state index is 12.5. The highest BCUT2D eigenvalue weighted by atomic mass is 32.2. The number of thioether (sulfide) groups is 1. The number of thiophene rings is 1. The van der Waals surface area contributed by atoms with Gasteiger partial charge in [0.1, 0.15) is 11.1 Å². The number of amides is 1. The monoisotopic (exact) mass is 472 g/mol. The Bertz CT molecular complexity index is 1350. The number of rotatable bonds is 7. The summed E-state index contributed by atoms with van der Waals surface area (Å²) in [6, 6.07) is 23.3. The number of nitrogens with one attached hydrogen (secondary N) is 1. The first kappa shape index (κ1) is 22.2. The number of aromatic nitrogens is 1. The molecule has 0 spiro atoms. The summed E-state index contributed by atoms with van der Waals surface area (Å²) in [4.78, 5) is 28.6.